The molecule has 9 heteroatoms. The van der Waals surface area contributed by atoms with E-state index in [4.69, 9.17) is 5.73 Å². The molecule has 0 saturated carbocycles. The van der Waals surface area contributed by atoms with Crippen LogP contribution in [0.5, 0.6) is 0 Å². The summed E-state index contributed by atoms with van der Waals surface area (Å²) in [5, 5.41) is 2.54. The van der Waals surface area contributed by atoms with Crippen LogP contribution in [0, 0.1) is 6.92 Å². The lowest BCUT2D eigenvalue weighted by Gasteiger charge is -2.03. The third-order valence-electron chi connectivity index (χ3n) is 2.88. The molecule has 0 bridgehead atoms. The highest BCUT2D eigenvalue weighted by molar-refractivity contribution is 7.99. The quantitative estimate of drug-likeness (QED) is 0.547. The van der Waals surface area contributed by atoms with Crippen molar-refractivity contribution in [2.75, 3.05) is 5.73 Å². The number of rotatable bonds is 2. The fraction of sp³-hybridized carbons (Fsp3) is 0.0833. The minimum Gasteiger partial charge on any atom is -0.368 e. The lowest BCUT2D eigenvalue weighted by atomic mass is 10.4. The van der Waals surface area contributed by atoms with Crippen LogP contribution in [-0.2, 0) is 0 Å². The minimum absolute atomic E-state index is 0.266. The average molecular weight is 315 g/mol. The molecule has 0 saturated heterocycles. The number of H-pyrrole nitrogens is 1. The maximum atomic E-state index is 5.80. The summed E-state index contributed by atoms with van der Waals surface area (Å²) in [6, 6.07) is 2.06. The van der Waals surface area contributed by atoms with Crippen molar-refractivity contribution < 1.29 is 0 Å². The maximum Gasteiger partial charge on any atom is 0.222 e. The molecule has 104 valence electrons. The number of aromatic nitrogens is 6. The van der Waals surface area contributed by atoms with Crippen molar-refractivity contribution in [2.24, 2.45) is 0 Å². The van der Waals surface area contributed by atoms with Gasteiger partial charge in [0.05, 0.1) is 6.33 Å². The molecule has 7 nitrogen and oxygen atoms in total. The van der Waals surface area contributed by atoms with Gasteiger partial charge < -0.3 is 10.7 Å². The highest BCUT2D eigenvalue weighted by atomic mass is 32.2. The topological polar surface area (TPSA) is 106 Å². The van der Waals surface area contributed by atoms with Gasteiger partial charge in [-0.25, -0.2) is 24.9 Å². The van der Waals surface area contributed by atoms with E-state index in [1.54, 1.807) is 17.7 Å². The van der Waals surface area contributed by atoms with Crippen molar-refractivity contribution in [3.8, 4) is 0 Å². The largest absolute Gasteiger partial charge is 0.368 e. The second kappa shape index (κ2) is 4.64. The van der Waals surface area contributed by atoms with Crippen LogP contribution in [0.15, 0.2) is 28.8 Å². The van der Waals surface area contributed by atoms with Gasteiger partial charge in [-0.3, -0.25) is 0 Å². The molecule has 0 aromatic carbocycles. The molecule has 0 radical (unpaired) electrons. The van der Waals surface area contributed by atoms with E-state index in [-0.39, 0.29) is 5.95 Å². The van der Waals surface area contributed by atoms with Crippen LogP contribution >= 0.6 is 23.1 Å². The normalized spacial score (nSPS) is 11.5. The summed E-state index contributed by atoms with van der Waals surface area (Å²) in [4.78, 5) is 26.2. The van der Waals surface area contributed by atoms with Crippen LogP contribution in [0.1, 0.15) is 4.88 Å². The Labute approximate surface area is 127 Å². The Balaban J connectivity index is 1.89. The SMILES string of the molecule is Cc1cc2c(Sc3ncnc4nc[nH]c34)nc(N)nc2s1. The van der Waals surface area contributed by atoms with Gasteiger partial charge in [0.15, 0.2) is 5.65 Å². The lowest BCUT2D eigenvalue weighted by Crippen LogP contribution is -1.96. The summed E-state index contributed by atoms with van der Waals surface area (Å²) in [7, 11) is 0. The molecule has 0 atom stereocenters. The number of nitrogens with zero attached hydrogens (tertiary/aromatic N) is 5. The van der Waals surface area contributed by atoms with Gasteiger partial charge in [0.1, 0.15) is 26.7 Å². The number of aryl methyl sites for hydroxylation is 1. The van der Waals surface area contributed by atoms with Crippen molar-refractivity contribution in [1.29, 1.82) is 0 Å². The Hall–Kier alpha value is -2.26. The highest BCUT2D eigenvalue weighted by Gasteiger charge is 2.14. The predicted octanol–water partition coefficient (Wildman–Crippen LogP) is 2.40. The number of hydrogen-bond donors (Lipinski definition) is 2. The van der Waals surface area contributed by atoms with E-state index in [0.29, 0.717) is 5.65 Å². The molecule has 21 heavy (non-hydrogen) atoms. The van der Waals surface area contributed by atoms with Crippen molar-refractivity contribution in [1.82, 2.24) is 29.9 Å². The number of thiophene rings is 1. The number of nitrogen functional groups attached to an aromatic ring is 1. The first-order chi connectivity index (χ1) is 10.2. The van der Waals surface area contributed by atoms with Crippen LogP contribution in [0.25, 0.3) is 21.4 Å². The van der Waals surface area contributed by atoms with E-state index in [0.717, 1.165) is 25.8 Å². The fourth-order valence-corrected chi connectivity index (χ4v) is 3.91. The molecule has 0 amide bonds. The number of anilines is 1. The van der Waals surface area contributed by atoms with Gasteiger partial charge in [-0.1, -0.05) is 0 Å². The average Bonchev–Trinajstić information content (AvgIpc) is 3.04. The number of fused-ring (bicyclic) bond motifs is 2. The van der Waals surface area contributed by atoms with E-state index in [2.05, 4.69) is 36.0 Å². The Kier molecular flexibility index (Phi) is 2.76. The standard InChI is InChI=1S/C12H9N7S2/c1-5-2-6-9(20-5)18-12(13)19-10(6)21-11-7-8(15-3-14-7)16-4-17-11/h2-4H,1H3,(H2,13,18,19)(H,14,15,16,17). The summed E-state index contributed by atoms with van der Waals surface area (Å²) in [5.41, 5.74) is 7.22. The highest BCUT2D eigenvalue weighted by Crippen LogP contribution is 2.36. The third kappa shape index (κ3) is 2.10. The molecular weight excluding hydrogens is 306 g/mol. The first kappa shape index (κ1) is 12.5. The summed E-state index contributed by atoms with van der Waals surface area (Å²) < 4.78 is 0. The molecule has 4 aromatic heterocycles. The Morgan fingerprint density at radius 1 is 1.19 bits per heavy atom. The Bertz CT molecular complexity index is 959. The van der Waals surface area contributed by atoms with Gasteiger partial charge in [0.2, 0.25) is 5.95 Å². The van der Waals surface area contributed by atoms with Gasteiger partial charge in [0, 0.05) is 10.3 Å². The second-order valence-corrected chi connectivity index (χ2v) is 6.56. The number of hydrogen-bond acceptors (Lipinski definition) is 8. The summed E-state index contributed by atoms with van der Waals surface area (Å²) in [6.45, 7) is 2.04. The first-order valence-electron chi connectivity index (χ1n) is 6.06. The van der Waals surface area contributed by atoms with Gasteiger partial charge >= 0.3 is 0 Å². The molecule has 3 N–H and O–H groups in total. The summed E-state index contributed by atoms with van der Waals surface area (Å²) in [6.07, 6.45) is 3.09. The molecule has 0 aliphatic rings. The zero-order valence-electron chi connectivity index (χ0n) is 10.9. The Morgan fingerprint density at radius 3 is 3.00 bits per heavy atom. The molecule has 0 spiro atoms. The van der Waals surface area contributed by atoms with Crippen molar-refractivity contribution in [2.45, 2.75) is 17.0 Å². The first-order valence-corrected chi connectivity index (χ1v) is 7.69. The summed E-state index contributed by atoms with van der Waals surface area (Å²) in [5.74, 6) is 0.266. The Morgan fingerprint density at radius 2 is 2.10 bits per heavy atom. The molecule has 4 heterocycles. The number of nitrogens with two attached hydrogens (primary N) is 1. The van der Waals surface area contributed by atoms with Crippen molar-refractivity contribution in [3.05, 3.63) is 23.6 Å². The maximum absolute atomic E-state index is 5.80. The summed E-state index contributed by atoms with van der Waals surface area (Å²) >= 11 is 3.03. The monoisotopic (exact) mass is 315 g/mol. The van der Waals surface area contributed by atoms with Crippen LogP contribution in [-0.4, -0.2) is 29.9 Å². The number of imidazole rings is 1. The van der Waals surface area contributed by atoms with Gasteiger partial charge in [-0.05, 0) is 24.8 Å². The zero-order chi connectivity index (χ0) is 14.4. The molecule has 0 aliphatic carbocycles. The fourth-order valence-electron chi connectivity index (χ4n) is 2.02. The van der Waals surface area contributed by atoms with Gasteiger partial charge in [0.25, 0.3) is 0 Å². The van der Waals surface area contributed by atoms with Crippen LogP contribution in [0.2, 0.25) is 0 Å². The van der Waals surface area contributed by atoms with Crippen LogP contribution in [0.4, 0.5) is 5.95 Å². The van der Waals surface area contributed by atoms with E-state index in [1.807, 2.05) is 6.92 Å². The molecule has 0 fully saturated rings. The molecule has 0 aliphatic heterocycles. The van der Waals surface area contributed by atoms with E-state index in [1.165, 1.54) is 23.0 Å². The van der Waals surface area contributed by atoms with Crippen LogP contribution in [0.3, 0.4) is 0 Å². The van der Waals surface area contributed by atoms with E-state index >= 15 is 0 Å². The molecule has 4 rings (SSSR count). The molecule has 4 aromatic rings. The van der Waals surface area contributed by atoms with Crippen molar-refractivity contribution >= 4 is 50.4 Å². The number of aromatic amines is 1. The third-order valence-corrected chi connectivity index (χ3v) is 4.83. The second-order valence-electron chi connectivity index (χ2n) is 4.34. The lowest BCUT2D eigenvalue weighted by molar-refractivity contribution is 1.07. The van der Waals surface area contributed by atoms with E-state index in [9.17, 15) is 0 Å². The van der Waals surface area contributed by atoms with E-state index < -0.39 is 0 Å². The molecule has 0 unspecified atom stereocenters. The van der Waals surface area contributed by atoms with Crippen molar-refractivity contribution in [3.63, 3.8) is 0 Å². The van der Waals surface area contributed by atoms with Gasteiger partial charge in [-0.15, -0.1) is 11.3 Å². The van der Waals surface area contributed by atoms with Gasteiger partial charge in [-0.2, -0.15) is 0 Å². The number of nitrogens with one attached hydrogen (secondary N) is 1. The predicted molar refractivity (Wildman–Crippen MR) is 82.4 cm³/mol. The van der Waals surface area contributed by atoms with Crippen LogP contribution < -0.4 is 5.73 Å². The smallest absolute Gasteiger partial charge is 0.222 e. The zero-order valence-corrected chi connectivity index (χ0v) is 12.5. The molecular formula is C12H9N7S2. The minimum atomic E-state index is 0.266.